The topological polar surface area (TPSA) is 58.6 Å². The molecular weight excluding hydrogens is 465 g/mol. The Bertz CT molecular complexity index is 529. The average Bonchev–Trinajstić information content (AvgIpc) is 2.75. The van der Waals surface area contributed by atoms with Crippen LogP contribution >= 0.6 is 19.6 Å². The van der Waals surface area contributed by atoms with E-state index in [0.29, 0.717) is 16.3 Å². The Labute approximate surface area is 216 Å². The third-order valence-electron chi connectivity index (χ3n) is 6.72. The third-order valence-corrected chi connectivity index (χ3v) is 9.20. The van der Waals surface area contributed by atoms with Gasteiger partial charge in [0.1, 0.15) is 13.2 Å². The number of thioether (sulfide) groups is 1. The zero-order chi connectivity index (χ0) is 25.1. The summed E-state index contributed by atoms with van der Waals surface area (Å²) >= 11 is 2.02. The second-order valence-electron chi connectivity index (χ2n) is 11.3. The van der Waals surface area contributed by atoms with E-state index in [1.54, 1.807) is 0 Å². The van der Waals surface area contributed by atoms with Gasteiger partial charge in [-0.2, -0.15) is 11.8 Å². The maximum Gasteiger partial charge on any atom is 0.268 e. The van der Waals surface area contributed by atoms with E-state index in [0.717, 1.165) is 19.3 Å². The van der Waals surface area contributed by atoms with Crippen LogP contribution in [0.2, 0.25) is 0 Å². The lowest BCUT2D eigenvalue weighted by molar-refractivity contribution is -0.870. The molecule has 0 radical (unpaired) electrons. The summed E-state index contributed by atoms with van der Waals surface area (Å²) in [5.41, 5.74) is 0. The highest BCUT2D eigenvalue weighted by Crippen LogP contribution is 2.44. The zero-order valence-electron chi connectivity index (χ0n) is 22.9. The molecule has 0 amide bonds. The summed E-state index contributed by atoms with van der Waals surface area (Å²) in [6.45, 7) is 3.09. The maximum atomic E-state index is 12.2. The monoisotopic (exact) mass is 521 g/mol. The summed E-state index contributed by atoms with van der Waals surface area (Å²) in [6.07, 6.45) is 23.1. The molecule has 0 saturated heterocycles. The lowest BCUT2D eigenvalue weighted by atomic mass is 9.97. The standard InChI is InChI=1S/C27H56NO4PS/c1-5-6-7-8-9-10-11-12-13-14-15-16-17-18-24-34-27-21-19-20-26(25-27)32-33(29,30)31-23-22-28(2,3)4/h26-27H,5-25H2,1-4H3/t26-,27-/m0/s1. The van der Waals surface area contributed by atoms with Crippen molar-refractivity contribution in [2.24, 2.45) is 0 Å². The van der Waals surface area contributed by atoms with Crippen molar-refractivity contribution in [2.75, 3.05) is 40.0 Å². The summed E-state index contributed by atoms with van der Waals surface area (Å²) in [4.78, 5) is 12.2. The van der Waals surface area contributed by atoms with Crippen molar-refractivity contribution in [3.63, 3.8) is 0 Å². The molecule has 1 aliphatic carbocycles. The minimum Gasteiger partial charge on any atom is -0.756 e. The number of rotatable bonds is 22. The molecule has 0 aromatic rings. The number of hydrogen-bond acceptors (Lipinski definition) is 5. The van der Waals surface area contributed by atoms with Gasteiger partial charge in [0.2, 0.25) is 0 Å². The molecule has 1 unspecified atom stereocenters. The Morgan fingerprint density at radius 2 is 1.38 bits per heavy atom. The Balaban J connectivity index is 1.97. The van der Waals surface area contributed by atoms with Gasteiger partial charge in [-0.1, -0.05) is 90.4 Å². The quantitative estimate of drug-likeness (QED) is 0.0829. The highest BCUT2D eigenvalue weighted by Gasteiger charge is 2.26. The van der Waals surface area contributed by atoms with E-state index in [4.69, 9.17) is 9.05 Å². The van der Waals surface area contributed by atoms with E-state index in [-0.39, 0.29) is 12.7 Å². The Kier molecular flexibility index (Phi) is 18.6. The number of nitrogens with zero attached hydrogens (tertiary/aromatic N) is 1. The predicted octanol–water partition coefficient (Wildman–Crippen LogP) is 7.72. The molecule has 204 valence electrons. The molecule has 1 fully saturated rings. The first-order chi connectivity index (χ1) is 16.2. The number of quaternary nitrogens is 1. The summed E-state index contributed by atoms with van der Waals surface area (Å²) in [7, 11) is 1.84. The Morgan fingerprint density at radius 3 is 1.91 bits per heavy atom. The van der Waals surface area contributed by atoms with Gasteiger partial charge in [-0.3, -0.25) is 4.57 Å². The molecule has 0 aliphatic heterocycles. The number of phosphoric acid groups is 1. The average molecular weight is 522 g/mol. The first-order valence-electron chi connectivity index (χ1n) is 14.3. The second-order valence-corrected chi connectivity index (χ2v) is 14.0. The van der Waals surface area contributed by atoms with Crippen LogP contribution in [0.5, 0.6) is 0 Å². The fraction of sp³-hybridized carbons (Fsp3) is 1.00. The van der Waals surface area contributed by atoms with Crippen LogP contribution in [-0.2, 0) is 13.6 Å². The van der Waals surface area contributed by atoms with Crippen molar-refractivity contribution < 1.29 is 23.0 Å². The van der Waals surface area contributed by atoms with Crippen LogP contribution in [0, 0.1) is 0 Å². The van der Waals surface area contributed by atoms with E-state index in [2.05, 4.69) is 6.92 Å². The van der Waals surface area contributed by atoms with Gasteiger partial charge in [-0.15, -0.1) is 0 Å². The van der Waals surface area contributed by atoms with Gasteiger partial charge in [0.05, 0.1) is 27.2 Å². The van der Waals surface area contributed by atoms with Gasteiger partial charge >= 0.3 is 0 Å². The summed E-state index contributed by atoms with van der Waals surface area (Å²) in [5.74, 6) is 1.18. The van der Waals surface area contributed by atoms with Crippen molar-refractivity contribution in [1.29, 1.82) is 0 Å². The first kappa shape index (κ1) is 32.4. The predicted molar refractivity (Wildman–Crippen MR) is 146 cm³/mol. The highest BCUT2D eigenvalue weighted by molar-refractivity contribution is 7.99. The number of likely N-dealkylation sites (N-methyl/N-ethyl adjacent to an activating group) is 1. The number of hydrogen-bond donors (Lipinski definition) is 0. The lowest BCUT2D eigenvalue weighted by Gasteiger charge is -2.34. The summed E-state index contributed by atoms with van der Waals surface area (Å²) in [6, 6.07) is 0. The molecule has 3 atom stereocenters. The molecule has 0 aromatic heterocycles. The van der Waals surface area contributed by atoms with Gasteiger partial charge in [-0.25, -0.2) is 0 Å². The Morgan fingerprint density at radius 1 is 0.853 bits per heavy atom. The second kappa shape index (κ2) is 19.5. The minimum atomic E-state index is -4.21. The first-order valence-corrected chi connectivity index (χ1v) is 16.8. The van der Waals surface area contributed by atoms with Crippen molar-refractivity contribution >= 4 is 19.6 Å². The smallest absolute Gasteiger partial charge is 0.268 e. The lowest BCUT2D eigenvalue weighted by Crippen LogP contribution is -2.37. The highest BCUT2D eigenvalue weighted by atomic mass is 32.2. The van der Waals surface area contributed by atoms with Crippen LogP contribution in [0.3, 0.4) is 0 Å². The molecule has 0 aromatic carbocycles. The molecule has 1 aliphatic rings. The van der Waals surface area contributed by atoms with E-state index >= 15 is 0 Å². The minimum absolute atomic E-state index is 0.175. The molecule has 5 nitrogen and oxygen atoms in total. The van der Waals surface area contributed by atoms with Gasteiger partial charge in [0.15, 0.2) is 0 Å². The van der Waals surface area contributed by atoms with Gasteiger partial charge < -0.3 is 18.4 Å². The van der Waals surface area contributed by atoms with Crippen LogP contribution in [0.4, 0.5) is 0 Å². The van der Waals surface area contributed by atoms with Gasteiger partial charge in [0, 0.05) is 5.25 Å². The van der Waals surface area contributed by atoms with Crippen molar-refractivity contribution in [2.45, 2.75) is 134 Å². The number of phosphoric ester groups is 1. The molecule has 0 N–H and O–H groups in total. The van der Waals surface area contributed by atoms with Crippen molar-refractivity contribution in [1.82, 2.24) is 0 Å². The molecule has 1 rings (SSSR count). The Hall–Kier alpha value is 0.420. The normalized spacial score (nSPS) is 21.0. The maximum absolute atomic E-state index is 12.2. The van der Waals surface area contributed by atoms with Crippen LogP contribution in [0.25, 0.3) is 0 Å². The molecule has 0 spiro atoms. The summed E-state index contributed by atoms with van der Waals surface area (Å²) < 4.78 is 23.3. The molecule has 0 heterocycles. The van der Waals surface area contributed by atoms with Crippen molar-refractivity contribution in [3.8, 4) is 0 Å². The van der Waals surface area contributed by atoms with Crippen LogP contribution in [0.15, 0.2) is 0 Å². The van der Waals surface area contributed by atoms with E-state index < -0.39 is 7.82 Å². The zero-order valence-corrected chi connectivity index (χ0v) is 24.7. The molecule has 7 heteroatoms. The van der Waals surface area contributed by atoms with E-state index in [9.17, 15) is 9.46 Å². The fourth-order valence-electron chi connectivity index (χ4n) is 4.54. The van der Waals surface area contributed by atoms with E-state index in [1.165, 1.54) is 102 Å². The summed E-state index contributed by atoms with van der Waals surface area (Å²) in [5, 5.41) is 0.520. The van der Waals surface area contributed by atoms with Gasteiger partial charge in [0.25, 0.3) is 7.82 Å². The molecular formula is C27H56NO4PS. The number of unbranched alkanes of at least 4 members (excludes halogenated alkanes) is 13. The molecule has 0 bridgehead atoms. The van der Waals surface area contributed by atoms with Crippen LogP contribution < -0.4 is 4.89 Å². The van der Waals surface area contributed by atoms with Crippen LogP contribution in [-0.4, -0.2) is 55.9 Å². The van der Waals surface area contributed by atoms with Crippen molar-refractivity contribution in [3.05, 3.63) is 0 Å². The molecule has 34 heavy (non-hydrogen) atoms. The van der Waals surface area contributed by atoms with Gasteiger partial charge in [-0.05, 0) is 37.9 Å². The fourth-order valence-corrected chi connectivity index (χ4v) is 6.85. The van der Waals surface area contributed by atoms with Crippen LogP contribution in [0.1, 0.15) is 122 Å². The largest absolute Gasteiger partial charge is 0.756 e. The SMILES string of the molecule is CCCCCCCCCCCCCCCCS[C@H]1CCC[C@H](OP(=O)([O-])OCC[N+](C)(C)C)C1. The van der Waals surface area contributed by atoms with E-state index in [1.807, 2.05) is 32.9 Å². The molecule has 1 saturated carbocycles. The third kappa shape index (κ3) is 19.6.